The lowest BCUT2D eigenvalue weighted by Gasteiger charge is -2.29. The molecule has 1 aromatic heterocycles. The van der Waals surface area contributed by atoms with Crippen LogP contribution in [0.2, 0.25) is 5.02 Å². The van der Waals surface area contributed by atoms with E-state index in [1.807, 2.05) is 0 Å². The number of hydrogen-bond donors (Lipinski definition) is 1. The molecule has 136 valence electrons. The third-order valence-electron chi connectivity index (χ3n) is 4.63. The number of halogens is 1. The first kappa shape index (κ1) is 17.0. The Bertz CT molecular complexity index is 789. The predicted octanol–water partition coefficient (Wildman–Crippen LogP) is 3.58. The molecule has 0 atom stereocenters. The maximum Gasteiger partial charge on any atom is 0.251 e. The second-order valence-electron chi connectivity index (χ2n) is 6.45. The normalized spacial score (nSPS) is 21.3. The summed E-state index contributed by atoms with van der Waals surface area (Å²) in [4.78, 5) is 16.6. The van der Waals surface area contributed by atoms with Crippen LogP contribution in [0.3, 0.4) is 0 Å². The SMILES string of the molecule is O=C(NC1CCC(Oc2ccc(Cl)cn2)CC1)c1ccc2c(c1)OCO2. The molecule has 1 fully saturated rings. The van der Waals surface area contributed by atoms with Crippen LogP contribution in [0.15, 0.2) is 36.5 Å². The van der Waals surface area contributed by atoms with Gasteiger partial charge in [-0.1, -0.05) is 11.6 Å². The number of fused-ring (bicyclic) bond motifs is 1. The fourth-order valence-corrected chi connectivity index (χ4v) is 3.35. The summed E-state index contributed by atoms with van der Waals surface area (Å²) in [5.74, 6) is 1.79. The first-order valence-corrected chi connectivity index (χ1v) is 9.04. The molecule has 0 saturated heterocycles. The zero-order valence-corrected chi connectivity index (χ0v) is 14.9. The molecular weight excluding hydrogens is 356 g/mol. The monoisotopic (exact) mass is 374 g/mol. The van der Waals surface area contributed by atoms with Gasteiger partial charge in [-0.25, -0.2) is 4.98 Å². The van der Waals surface area contributed by atoms with Crippen LogP contribution >= 0.6 is 11.6 Å². The molecule has 1 saturated carbocycles. The first-order valence-electron chi connectivity index (χ1n) is 8.66. The number of aromatic nitrogens is 1. The summed E-state index contributed by atoms with van der Waals surface area (Å²) in [6.45, 7) is 0.201. The molecule has 1 amide bonds. The van der Waals surface area contributed by atoms with E-state index in [1.165, 1.54) is 0 Å². The van der Waals surface area contributed by atoms with Crippen molar-refractivity contribution in [3.63, 3.8) is 0 Å². The van der Waals surface area contributed by atoms with Gasteiger partial charge in [-0.15, -0.1) is 0 Å². The van der Waals surface area contributed by atoms with Crippen molar-refractivity contribution >= 4 is 17.5 Å². The Labute approximate surface area is 156 Å². The number of ether oxygens (including phenoxy) is 3. The van der Waals surface area contributed by atoms with E-state index in [0.29, 0.717) is 28.0 Å². The van der Waals surface area contributed by atoms with E-state index >= 15 is 0 Å². The van der Waals surface area contributed by atoms with Gasteiger partial charge in [0.05, 0.1) is 5.02 Å². The van der Waals surface area contributed by atoms with Crippen LogP contribution in [0, 0.1) is 0 Å². The summed E-state index contributed by atoms with van der Waals surface area (Å²) in [5, 5.41) is 3.68. The Hall–Kier alpha value is -2.47. The number of amides is 1. The van der Waals surface area contributed by atoms with Crippen LogP contribution in [-0.2, 0) is 0 Å². The van der Waals surface area contributed by atoms with Gasteiger partial charge in [0.15, 0.2) is 11.5 Å². The van der Waals surface area contributed by atoms with Gasteiger partial charge in [0.1, 0.15) is 6.10 Å². The molecule has 6 nitrogen and oxygen atoms in total. The highest BCUT2D eigenvalue weighted by Gasteiger charge is 2.25. The average molecular weight is 375 g/mol. The minimum Gasteiger partial charge on any atom is -0.474 e. The van der Waals surface area contributed by atoms with Gasteiger partial charge >= 0.3 is 0 Å². The molecule has 2 aromatic rings. The zero-order valence-electron chi connectivity index (χ0n) is 14.1. The largest absolute Gasteiger partial charge is 0.474 e. The van der Waals surface area contributed by atoms with Gasteiger partial charge in [-0.2, -0.15) is 0 Å². The molecule has 0 bridgehead atoms. The number of pyridine rings is 1. The molecule has 2 aliphatic rings. The molecule has 0 spiro atoms. The molecule has 0 unspecified atom stereocenters. The number of benzene rings is 1. The number of nitrogens with one attached hydrogen (secondary N) is 1. The van der Waals surface area contributed by atoms with Crippen molar-refractivity contribution in [3.05, 3.63) is 47.1 Å². The molecule has 26 heavy (non-hydrogen) atoms. The molecule has 1 aromatic carbocycles. The lowest BCUT2D eigenvalue weighted by molar-refractivity contribution is 0.0890. The van der Waals surface area contributed by atoms with Crippen LogP contribution < -0.4 is 19.5 Å². The quantitative estimate of drug-likeness (QED) is 0.885. The molecule has 2 heterocycles. The molecule has 1 aliphatic heterocycles. The van der Waals surface area contributed by atoms with E-state index in [2.05, 4.69) is 10.3 Å². The topological polar surface area (TPSA) is 69.7 Å². The Morgan fingerprint density at radius 1 is 1.12 bits per heavy atom. The van der Waals surface area contributed by atoms with Crippen LogP contribution in [-0.4, -0.2) is 29.8 Å². The standard InChI is InChI=1S/C19H19ClN2O4/c20-13-2-8-18(21-10-13)26-15-5-3-14(4-6-15)22-19(23)12-1-7-16-17(9-12)25-11-24-16/h1-2,7-10,14-15H,3-6,11H2,(H,22,23). The fraction of sp³-hybridized carbons (Fsp3) is 0.368. The van der Waals surface area contributed by atoms with Crippen molar-refractivity contribution in [2.24, 2.45) is 0 Å². The first-order chi connectivity index (χ1) is 12.7. The van der Waals surface area contributed by atoms with Gasteiger partial charge in [0.2, 0.25) is 12.7 Å². The highest BCUT2D eigenvalue weighted by Crippen LogP contribution is 2.32. The van der Waals surface area contributed by atoms with Gasteiger partial charge in [0, 0.05) is 23.9 Å². The molecule has 7 heteroatoms. The Morgan fingerprint density at radius 2 is 1.92 bits per heavy atom. The highest BCUT2D eigenvalue weighted by molar-refractivity contribution is 6.30. The van der Waals surface area contributed by atoms with E-state index in [1.54, 1.807) is 36.5 Å². The van der Waals surface area contributed by atoms with Crippen molar-refractivity contribution in [2.75, 3.05) is 6.79 Å². The van der Waals surface area contributed by atoms with Crippen LogP contribution in [0.4, 0.5) is 0 Å². The maximum absolute atomic E-state index is 12.5. The van der Waals surface area contributed by atoms with E-state index in [-0.39, 0.29) is 24.8 Å². The molecule has 4 rings (SSSR count). The fourth-order valence-electron chi connectivity index (χ4n) is 3.23. The van der Waals surface area contributed by atoms with Crippen LogP contribution in [0.5, 0.6) is 17.4 Å². The molecule has 0 radical (unpaired) electrons. The van der Waals surface area contributed by atoms with Gasteiger partial charge in [-0.3, -0.25) is 4.79 Å². The van der Waals surface area contributed by atoms with Crippen LogP contribution in [0.1, 0.15) is 36.0 Å². The number of carbonyl (C=O) groups excluding carboxylic acids is 1. The minimum atomic E-state index is -0.0907. The van der Waals surface area contributed by atoms with E-state index in [0.717, 1.165) is 25.7 Å². The number of nitrogens with zero attached hydrogens (tertiary/aromatic N) is 1. The maximum atomic E-state index is 12.5. The Morgan fingerprint density at radius 3 is 2.69 bits per heavy atom. The number of rotatable bonds is 4. The van der Waals surface area contributed by atoms with Gasteiger partial charge in [0.25, 0.3) is 5.91 Å². The zero-order chi connectivity index (χ0) is 17.9. The minimum absolute atomic E-state index is 0.0907. The van der Waals surface area contributed by atoms with Crippen molar-refractivity contribution < 1.29 is 19.0 Å². The summed E-state index contributed by atoms with van der Waals surface area (Å²) in [5.41, 5.74) is 0.581. The lowest BCUT2D eigenvalue weighted by Crippen LogP contribution is -2.39. The lowest BCUT2D eigenvalue weighted by atomic mass is 9.92. The average Bonchev–Trinajstić information content (AvgIpc) is 3.13. The third-order valence-corrected chi connectivity index (χ3v) is 4.86. The molecular formula is C19H19ClN2O4. The summed E-state index contributed by atoms with van der Waals surface area (Å²) in [6, 6.07) is 8.92. The van der Waals surface area contributed by atoms with Gasteiger partial charge in [-0.05, 0) is 49.9 Å². The smallest absolute Gasteiger partial charge is 0.251 e. The summed E-state index contributed by atoms with van der Waals surface area (Å²) in [7, 11) is 0. The van der Waals surface area contributed by atoms with Gasteiger partial charge < -0.3 is 19.5 Å². The highest BCUT2D eigenvalue weighted by atomic mass is 35.5. The molecule has 1 N–H and O–H groups in total. The van der Waals surface area contributed by atoms with Crippen LogP contribution in [0.25, 0.3) is 0 Å². The number of hydrogen-bond acceptors (Lipinski definition) is 5. The van der Waals surface area contributed by atoms with Crippen molar-refractivity contribution in [2.45, 2.75) is 37.8 Å². The van der Waals surface area contributed by atoms with Crippen molar-refractivity contribution in [3.8, 4) is 17.4 Å². The van der Waals surface area contributed by atoms with Crippen molar-refractivity contribution in [1.29, 1.82) is 0 Å². The second kappa shape index (κ2) is 7.41. The van der Waals surface area contributed by atoms with E-state index in [4.69, 9.17) is 25.8 Å². The van der Waals surface area contributed by atoms with E-state index < -0.39 is 0 Å². The molecule has 1 aliphatic carbocycles. The Kier molecular flexibility index (Phi) is 4.84. The Balaban J connectivity index is 1.28. The van der Waals surface area contributed by atoms with Crippen molar-refractivity contribution in [1.82, 2.24) is 10.3 Å². The second-order valence-corrected chi connectivity index (χ2v) is 6.88. The number of carbonyl (C=O) groups is 1. The predicted molar refractivity (Wildman–Crippen MR) is 96.0 cm³/mol. The summed E-state index contributed by atoms with van der Waals surface area (Å²) < 4.78 is 16.5. The summed E-state index contributed by atoms with van der Waals surface area (Å²) in [6.07, 6.45) is 5.17. The van der Waals surface area contributed by atoms with E-state index in [9.17, 15) is 4.79 Å². The third kappa shape index (κ3) is 3.85. The summed E-state index contributed by atoms with van der Waals surface area (Å²) >= 11 is 5.83.